The zero-order chi connectivity index (χ0) is 14.4. The second-order valence-corrected chi connectivity index (χ2v) is 5.81. The van der Waals surface area contributed by atoms with Gasteiger partial charge in [0.25, 0.3) is 5.95 Å². The highest BCUT2D eigenvalue weighted by molar-refractivity contribution is 5.25. The first-order valence-electron chi connectivity index (χ1n) is 8.01. The van der Waals surface area contributed by atoms with E-state index in [1.165, 1.54) is 32.1 Å². The van der Waals surface area contributed by atoms with Crippen LogP contribution in [0.1, 0.15) is 51.8 Å². The van der Waals surface area contributed by atoms with Gasteiger partial charge in [-0.3, -0.25) is 0 Å². The summed E-state index contributed by atoms with van der Waals surface area (Å²) in [6.45, 7) is 6.30. The molecule has 0 radical (unpaired) electrons. The summed E-state index contributed by atoms with van der Waals surface area (Å²) in [6.07, 6.45) is 7.31. The molecular weight excluding hydrogens is 252 g/mol. The highest BCUT2D eigenvalue weighted by Crippen LogP contribution is 2.27. The van der Waals surface area contributed by atoms with Gasteiger partial charge in [-0.25, -0.2) is 0 Å². The van der Waals surface area contributed by atoms with Gasteiger partial charge in [0, 0.05) is 26.1 Å². The van der Waals surface area contributed by atoms with Crippen LogP contribution < -0.4 is 10.2 Å². The van der Waals surface area contributed by atoms with Crippen LogP contribution in [0.25, 0.3) is 0 Å². The largest absolute Gasteiger partial charge is 0.342 e. The lowest BCUT2D eigenvalue weighted by molar-refractivity contribution is 0.240. The summed E-state index contributed by atoms with van der Waals surface area (Å²) in [5, 5.41) is 7.74. The molecule has 0 amide bonds. The van der Waals surface area contributed by atoms with Crippen LogP contribution in [-0.2, 0) is 6.42 Å². The van der Waals surface area contributed by atoms with Gasteiger partial charge in [-0.1, -0.05) is 19.8 Å². The van der Waals surface area contributed by atoms with Crippen LogP contribution in [0, 0.1) is 5.92 Å². The Hall–Kier alpha value is -1.10. The van der Waals surface area contributed by atoms with Crippen LogP contribution in [0.3, 0.4) is 0 Å². The Kier molecular flexibility index (Phi) is 5.83. The average Bonchev–Trinajstić information content (AvgIpc) is 2.94. The number of rotatable bonds is 7. The summed E-state index contributed by atoms with van der Waals surface area (Å²) in [5.41, 5.74) is 0. The molecule has 2 rings (SSSR count). The van der Waals surface area contributed by atoms with Gasteiger partial charge in [-0.2, -0.15) is 4.98 Å². The van der Waals surface area contributed by atoms with Crippen LogP contribution in [0.15, 0.2) is 4.52 Å². The van der Waals surface area contributed by atoms with Gasteiger partial charge < -0.3 is 14.7 Å². The minimum Gasteiger partial charge on any atom is -0.342 e. The van der Waals surface area contributed by atoms with E-state index in [-0.39, 0.29) is 0 Å². The van der Waals surface area contributed by atoms with E-state index >= 15 is 0 Å². The molecule has 0 spiro atoms. The summed E-state index contributed by atoms with van der Waals surface area (Å²) >= 11 is 0. The maximum atomic E-state index is 5.41. The van der Waals surface area contributed by atoms with Crippen LogP contribution in [-0.4, -0.2) is 36.3 Å². The number of nitrogens with one attached hydrogen (secondary N) is 1. The van der Waals surface area contributed by atoms with E-state index in [4.69, 9.17) is 4.52 Å². The van der Waals surface area contributed by atoms with Crippen LogP contribution in [0.4, 0.5) is 5.95 Å². The van der Waals surface area contributed by atoms with Gasteiger partial charge >= 0.3 is 0 Å². The highest BCUT2D eigenvalue weighted by atomic mass is 16.5. The Balaban J connectivity index is 1.94. The van der Waals surface area contributed by atoms with Gasteiger partial charge in [0.2, 0.25) is 5.89 Å². The molecule has 5 heteroatoms. The Morgan fingerprint density at radius 3 is 2.85 bits per heavy atom. The predicted molar refractivity (Wildman–Crippen MR) is 81.0 cm³/mol. The first-order valence-corrected chi connectivity index (χ1v) is 8.01. The van der Waals surface area contributed by atoms with E-state index in [0.717, 1.165) is 25.4 Å². The summed E-state index contributed by atoms with van der Waals surface area (Å²) in [5.74, 6) is 2.13. The quantitative estimate of drug-likeness (QED) is 0.832. The van der Waals surface area contributed by atoms with E-state index in [1.807, 2.05) is 11.9 Å². The standard InChI is InChI=1S/C15H28N4O/c1-4-10-16-13-9-7-6-8-12(13)11-14-17-15(18-20-14)19(3)5-2/h12-13,16H,4-11H2,1-3H3. The molecule has 0 saturated heterocycles. The Morgan fingerprint density at radius 1 is 1.30 bits per heavy atom. The van der Waals surface area contributed by atoms with Crippen molar-refractivity contribution >= 4 is 5.95 Å². The second kappa shape index (κ2) is 7.62. The third kappa shape index (κ3) is 3.95. The molecule has 1 saturated carbocycles. The first-order chi connectivity index (χ1) is 9.74. The molecule has 2 atom stereocenters. The maximum absolute atomic E-state index is 5.41. The Labute approximate surface area is 122 Å². The van der Waals surface area contributed by atoms with Crippen molar-refractivity contribution in [1.29, 1.82) is 0 Å². The third-order valence-corrected chi connectivity index (χ3v) is 4.28. The molecule has 1 N–H and O–H groups in total. The van der Waals surface area contributed by atoms with Crippen LogP contribution in [0.2, 0.25) is 0 Å². The summed E-state index contributed by atoms with van der Waals surface area (Å²) in [4.78, 5) is 6.51. The van der Waals surface area contributed by atoms with Crippen molar-refractivity contribution in [3.05, 3.63) is 5.89 Å². The van der Waals surface area contributed by atoms with Gasteiger partial charge in [0.15, 0.2) is 0 Å². The molecule has 114 valence electrons. The number of anilines is 1. The molecule has 1 aliphatic carbocycles. The average molecular weight is 280 g/mol. The number of hydrogen-bond donors (Lipinski definition) is 1. The molecule has 2 unspecified atom stereocenters. The van der Waals surface area contributed by atoms with E-state index in [2.05, 4.69) is 29.3 Å². The maximum Gasteiger partial charge on any atom is 0.265 e. The fourth-order valence-corrected chi connectivity index (χ4v) is 2.90. The summed E-state index contributed by atoms with van der Waals surface area (Å²) in [7, 11) is 1.99. The zero-order valence-corrected chi connectivity index (χ0v) is 13.1. The number of nitrogens with zero attached hydrogens (tertiary/aromatic N) is 3. The monoisotopic (exact) mass is 280 g/mol. The van der Waals surface area contributed by atoms with Crippen molar-refractivity contribution < 1.29 is 4.52 Å². The van der Waals surface area contributed by atoms with Crippen molar-refractivity contribution in [1.82, 2.24) is 15.5 Å². The van der Waals surface area contributed by atoms with Crippen LogP contribution >= 0.6 is 0 Å². The second-order valence-electron chi connectivity index (χ2n) is 5.81. The molecule has 1 heterocycles. The summed E-state index contributed by atoms with van der Waals surface area (Å²) in [6, 6.07) is 0.614. The van der Waals surface area contributed by atoms with Crippen molar-refractivity contribution in [2.75, 3.05) is 25.0 Å². The molecule has 1 aliphatic rings. The van der Waals surface area contributed by atoms with Gasteiger partial charge in [0.1, 0.15) is 0 Å². The lowest BCUT2D eigenvalue weighted by atomic mass is 9.82. The predicted octanol–water partition coefficient (Wildman–Crippen LogP) is 2.63. The Bertz CT molecular complexity index is 393. The van der Waals surface area contributed by atoms with E-state index < -0.39 is 0 Å². The minimum absolute atomic E-state index is 0.614. The molecule has 1 aromatic heterocycles. The third-order valence-electron chi connectivity index (χ3n) is 4.28. The molecule has 0 aromatic carbocycles. The van der Waals surface area contributed by atoms with E-state index in [1.54, 1.807) is 0 Å². The molecule has 0 aliphatic heterocycles. The number of hydrogen-bond acceptors (Lipinski definition) is 5. The minimum atomic E-state index is 0.614. The Morgan fingerprint density at radius 2 is 2.10 bits per heavy atom. The van der Waals surface area contributed by atoms with Crippen molar-refractivity contribution in [3.8, 4) is 0 Å². The molecule has 0 bridgehead atoms. The van der Waals surface area contributed by atoms with Crippen molar-refractivity contribution in [2.45, 2.75) is 58.4 Å². The van der Waals surface area contributed by atoms with Crippen LogP contribution in [0.5, 0.6) is 0 Å². The van der Waals surface area contributed by atoms with E-state index in [0.29, 0.717) is 17.9 Å². The first kappa shape index (κ1) is 15.3. The molecule has 20 heavy (non-hydrogen) atoms. The highest BCUT2D eigenvalue weighted by Gasteiger charge is 2.26. The van der Waals surface area contributed by atoms with Crippen molar-refractivity contribution in [2.24, 2.45) is 5.92 Å². The van der Waals surface area contributed by atoms with Gasteiger partial charge in [-0.05, 0) is 43.8 Å². The van der Waals surface area contributed by atoms with E-state index in [9.17, 15) is 0 Å². The number of aromatic nitrogens is 2. The summed E-state index contributed by atoms with van der Waals surface area (Å²) < 4.78 is 5.41. The molecule has 1 aromatic rings. The molecule has 5 nitrogen and oxygen atoms in total. The lowest BCUT2D eigenvalue weighted by Crippen LogP contribution is -2.39. The smallest absolute Gasteiger partial charge is 0.265 e. The zero-order valence-electron chi connectivity index (χ0n) is 13.1. The SMILES string of the molecule is CCCNC1CCCCC1Cc1nc(N(C)CC)no1. The normalized spacial score (nSPS) is 22.9. The lowest BCUT2D eigenvalue weighted by Gasteiger charge is -2.31. The topological polar surface area (TPSA) is 54.2 Å². The fourth-order valence-electron chi connectivity index (χ4n) is 2.90. The van der Waals surface area contributed by atoms with Crippen molar-refractivity contribution in [3.63, 3.8) is 0 Å². The fraction of sp³-hybridized carbons (Fsp3) is 0.867. The molecular formula is C15H28N4O. The van der Waals surface area contributed by atoms with Gasteiger partial charge in [-0.15, -0.1) is 0 Å². The van der Waals surface area contributed by atoms with Gasteiger partial charge in [0.05, 0.1) is 0 Å². The molecule has 1 fully saturated rings.